The van der Waals surface area contributed by atoms with E-state index in [4.69, 9.17) is 9.15 Å². The third kappa shape index (κ3) is 4.01. The van der Waals surface area contributed by atoms with Gasteiger partial charge in [0, 0.05) is 24.6 Å². The number of benzene rings is 2. The minimum atomic E-state index is 0.156. The van der Waals surface area contributed by atoms with Crippen molar-refractivity contribution in [3.63, 3.8) is 0 Å². The van der Waals surface area contributed by atoms with Gasteiger partial charge in [-0.15, -0.1) is 0 Å². The van der Waals surface area contributed by atoms with E-state index in [1.165, 1.54) is 5.56 Å². The van der Waals surface area contributed by atoms with E-state index in [2.05, 4.69) is 45.7 Å². The van der Waals surface area contributed by atoms with Crippen LogP contribution in [0.4, 0.5) is 0 Å². The van der Waals surface area contributed by atoms with Crippen LogP contribution in [-0.4, -0.2) is 24.6 Å². The maximum Gasteiger partial charge on any atom is 0.214 e. The van der Waals surface area contributed by atoms with Gasteiger partial charge in [0.2, 0.25) is 5.89 Å². The van der Waals surface area contributed by atoms with Crippen LogP contribution in [0.2, 0.25) is 0 Å². The lowest BCUT2D eigenvalue weighted by Gasteiger charge is -2.27. The molecule has 1 unspecified atom stereocenters. The molecule has 4 rings (SSSR count). The molecular weight excluding hydrogens is 352 g/mol. The number of oxazole rings is 1. The molecule has 0 spiro atoms. The lowest BCUT2D eigenvalue weighted by Crippen LogP contribution is -2.40. The predicted octanol–water partition coefficient (Wildman–Crippen LogP) is 3.84. The molecule has 0 bridgehead atoms. The van der Waals surface area contributed by atoms with Crippen molar-refractivity contribution in [2.75, 3.05) is 13.7 Å². The second-order valence-electron chi connectivity index (χ2n) is 6.78. The Morgan fingerprint density at radius 2 is 2.00 bits per heavy atom. The first-order valence-electron chi connectivity index (χ1n) is 9.43. The van der Waals surface area contributed by atoms with Crippen molar-refractivity contribution >= 4 is 5.96 Å². The van der Waals surface area contributed by atoms with Gasteiger partial charge in [0.15, 0.2) is 11.7 Å². The maximum atomic E-state index is 5.87. The van der Waals surface area contributed by atoms with Crippen LogP contribution >= 0.6 is 0 Å². The number of para-hydroxylation sites is 1. The molecule has 144 valence electrons. The molecular formula is C22H24N4O2. The third-order valence-electron chi connectivity index (χ3n) is 4.79. The Morgan fingerprint density at radius 1 is 1.18 bits per heavy atom. The molecule has 28 heavy (non-hydrogen) atoms. The normalized spacial score (nSPS) is 16.2. The van der Waals surface area contributed by atoms with Crippen LogP contribution in [0, 0.1) is 6.92 Å². The molecule has 3 aromatic rings. The van der Waals surface area contributed by atoms with E-state index in [0.29, 0.717) is 25.0 Å². The van der Waals surface area contributed by atoms with Gasteiger partial charge >= 0.3 is 0 Å². The summed E-state index contributed by atoms with van der Waals surface area (Å²) in [5.74, 6) is 3.01. The molecule has 1 atom stereocenters. The third-order valence-corrected chi connectivity index (χ3v) is 4.79. The molecule has 1 aliphatic rings. The van der Waals surface area contributed by atoms with Crippen LogP contribution in [0.5, 0.6) is 5.75 Å². The highest BCUT2D eigenvalue weighted by Gasteiger charge is 2.21. The monoisotopic (exact) mass is 376 g/mol. The molecule has 0 saturated carbocycles. The number of hydrogen-bond acceptors (Lipinski definition) is 4. The number of nitrogens with one attached hydrogen (secondary N) is 2. The van der Waals surface area contributed by atoms with Gasteiger partial charge in [0.25, 0.3) is 0 Å². The minimum absolute atomic E-state index is 0.156. The number of ether oxygens (including phenoxy) is 1. The van der Waals surface area contributed by atoms with Crippen molar-refractivity contribution in [2.45, 2.75) is 25.9 Å². The van der Waals surface area contributed by atoms with Gasteiger partial charge in [0.1, 0.15) is 5.75 Å². The molecule has 0 radical (unpaired) electrons. The van der Waals surface area contributed by atoms with E-state index < -0.39 is 0 Å². The molecule has 0 amide bonds. The fourth-order valence-electron chi connectivity index (χ4n) is 3.25. The number of aromatic nitrogens is 1. The van der Waals surface area contributed by atoms with Crippen LogP contribution in [-0.2, 0) is 6.54 Å². The Kier molecular flexibility index (Phi) is 5.28. The summed E-state index contributed by atoms with van der Waals surface area (Å²) in [6.07, 6.45) is 2.64. The zero-order valence-corrected chi connectivity index (χ0v) is 16.1. The minimum Gasteiger partial charge on any atom is -0.493 e. The van der Waals surface area contributed by atoms with Crippen LogP contribution in [0.25, 0.3) is 11.3 Å². The molecule has 1 aliphatic heterocycles. The summed E-state index contributed by atoms with van der Waals surface area (Å²) in [7, 11) is 1.76. The summed E-state index contributed by atoms with van der Waals surface area (Å²) in [5, 5.41) is 6.75. The molecule has 2 N–H and O–H groups in total. The summed E-state index contributed by atoms with van der Waals surface area (Å²) in [6.45, 7) is 3.21. The SMILES string of the molecule is CN=C(NCc1ncc(-c2ccc(C)cc2)o1)NC1CCOc2ccccc21. The number of hydrogen-bond donors (Lipinski definition) is 2. The van der Waals surface area contributed by atoms with Crippen LogP contribution in [0.15, 0.2) is 64.1 Å². The van der Waals surface area contributed by atoms with Gasteiger partial charge in [-0.25, -0.2) is 4.98 Å². The van der Waals surface area contributed by atoms with E-state index >= 15 is 0 Å². The fraction of sp³-hybridized carbons (Fsp3) is 0.273. The topological polar surface area (TPSA) is 71.7 Å². The molecule has 2 aromatic carbocycles. The van der Waals surface area contributed by atoms with Crippen molar-refractivity contribution in [1.29, 1.82) is 0 Å². The average molecular weight is 376 g/mol. The smallest absolute Gasteiger partial charge is 0.214 e. The fourth-order valence-corrected chi connectivity index (χ4v) is 3.25. The van der Waals surface area contributed by atoms with Crippen molar-refractivity contribution < 1.29 is 9.15 Å². The lowest BCUT2D eigenvalue weighted by molar-refractivity contribution is 0.261. The highest BCUT2D eigenvalue weighted by atomic mass is 16.5. The van der Waals surface area contributed by atoms with Crippen molar-refractivity contribution in [2.24, 2.45) is 4.99 Å². The maximum absolute atomic E-state index is 5.87. The van der Waals surface area contributed by atoms with Gasteiger partial charge < -0.3 is 19.8 Å². The summed E-state index contributed by atoms with van der Waals surface area (Å²) in [5.41, 5.74) is 3.38. The van der Waals surface area contributed by atoms with E-state index in [9.17, 15) is 0 Å². The Morgan fingerprint density at radius 3 is 2.82 bits per heavy atom. The first kappa shape index (κ1) is 18.1. The quantitative estimate of drug-likeness (QED) is 0.535. The number of fused-ring (bicyclic) bond motifs is 1. The largest absolute Gasteiger partial charge is 0.493 e. The standard InChI is InChI=1S/C22H24N4O2/c1-15-7-9-16(10-8-15)20-13-24-21(28-20)14-25-22(23-2)26-18-11-12-27-19-6-4-3-5-17(18)19/h3-10,13,18H,11-12,14H2,1-2H3,(H2,23,25,26). The summed E-state index contributed by atoms with van der Waals surface area (Å²) >= 11 is 0. The second-order valence-corrected chi connectivity index (χ2v) is 6.78. The summed E-state index contributed by atoms with van der Waals surface area (Å²) in [6, 6.07) is 16.5. The number of rotatable bonds is 4. The highest BCUT2D eigenvalue weighted by Crippen LogP contribution is 2.31. The van der Waals surface area contributed by atoms with Crippen molar-refractivity contribution in [1.82, 2.24) is 15.6 Å². The van der Waals surface area contributed by atoms with E-state index in [1.807, 2.05) is 30.3 Å². The first-order valence-corrected chi connectivity index (χ1v) is 9.43. The lowest BCUT2D eigenvalue weighted by atomic mass is 10.0. The van der Waals surface area contributed by atoms with Crippen molar-refractivity contribution in [3.05, 3.63) is 71.7 Å². The summed E-state index contributed by atoms with van der Waals surface area (Å²) in [4.78, 5) is 8.70. The Balaban J connectivity index is 1.39. The number of aliphatic imine (C=N–C) groups is 1. The van der Waals surface area contributed by atoms with Gasteiger partial charge in [-0.2, -0.15) is 0 Å². The van der Waals surface area contributed by atoms with Crippen LogP contribution in [0.1, 0.15) is 29.5 Å². The molecule has 0 fully saturated rings. The van der Waals surface area contributed by atoms with E-state index in [1.54, 1.807) is 13.2 Å². The second kappa shape index (κ2) is 8.17. The Labute approximate surface area is 164 Å². The van der Waals surface area contributed by atoms with E-state index in [-0.39, 0.29) is 6.04 Å². The first-order chi connectivity index (χ1) is 13.7. The molecule has 1 aromatic heterocycles. The van der Waals surface area contributed by atoms with E-state index in [0.717, 1.165) is 29.1 Å². The molecule has 6 nitrogen and oxygen atoms in total. The number of aryl methyl sites for hydroxylation is 1. The molecule has 2 heterocycles. The molecule has 0 aliphatic carbocycles. The van der Waals surface area contributed by atoms with Gasteiger partial charge in [-0.1, -0.05) is 48.0 Å². The van der Waals surface area contributed by atoms with Gasteiger partial charge in [-0.3, -0.25) is 4.99 Å². The average Bonchev–Trinajstić information content (AvgIpc) is 3.21. The summed E-state index contributed by atoms with van der Waals surface area (Å²) < 4.78 is 11.6. The number of guanidine groups is 1. The van der Waals surface area contributed by atoms with Gasteiger partial charge in [0.05, 0.1) is 25.4 Å². The Hall–Kier alpha value is -3.28. The predicted molar refractivity (Wildman–Crippen MR) is 109 cm³/mol. The zero-order valence-electron chi connectivity index (χ0n) is 16.1. The number of nitrogens with zero attached hydrogens (tertiary/aromatic N) is 2. The van der Waals surface area contributed by atoms with Crippen LogP contribution in [0.3, 0.4) is 0 Å². The highest BCUT2D eigenvalue weighted by molar-refractivity contribution is 5.80. The Bertz CT molecular complexity index is 963. The van der Waals surface area contributed by atoms with Crippen molar-refractivity contribution in [3.8, 4) is 17.1 Å². The van der Waals surface area contributed by atoms with Gasteiger partial charge in [-0.05, 0) is 13.0 Å². The molecule has 0 saturated heterocycles. The van der Waals surface area contributed by atoms with Crippen LogP contribution < -0.4 is 15.4 Å². The molecule has 6 heteroatoms. The zero-order chi connectivity index (χ0) is 19.3.